The first-order chi connectivity index (χ1) is 12.2. The van der Waals surface area contributed by atoms with Crippen molar-refractivity contribution in [1.29, 1.82) is 0 Å². The lowest BCUT2D eigenvalue weighted by molar-refractivity contribution is -0.0704. The van der Waals surface area contributed by atoms with Crippen molar-refractivity contribution in [3.63, 3.8) is 0 Å². The fourth-order valence-electron chi connectivity index (χ4n) is 4.15. The van der Waals surface area contributed by atoms with E-state index >= 15 is 0 Å². The molecule has 3 atom stereocenters. The minimum Gasteiger partial charge on any atom is -0.373 e. The average Bonchev–Trinajstić information content (AvgIpc) is 2.56. The summed E-state index contributed by atoms with van der Waals surface area (Å²) in [7, 11) is 0. The van der Waals surface area contributed by atoms with Gasteiger partial charge in [-0.05, 0) is 43.4 Å². The van der Waals surface area contributed by atoms with Crippen LogP contribution in [-0.2, 0) is 11.3 Å². The Labute approximate surface area is 181 Å². The van der Waals surface area contributed by atoms with Gasteiger partial charge in [0.25, 0.3) is 5.91 Å². The van der Waals surface area contributed by atoms with Gasteiger partial charge in [0.2, 0.25) is 0 Å². The van der Waals surface area contributed by atoms with Crippen molar-refractivity contribution in [2.75, 3.05) is 26.2 Å². The van der Waals surface area contributed by atoms with Crippen LogP contribution in [-0.4, -0.2) is 60.1 Å². The highest BCUT2D eigenvalue weighted by atomic mass is 35.5. The highest BCUT2D eigenvalue weighted by molar-refractivity contribution is 5.94. The Kier molecular flexibility index (Phi) is 9.23. The molecule has 1 aromatic rings. The van der Waals surface area contributed by atoms with Crippen LogP contribution < -0.4 is 5.73 Å². The van der Waals surface area contributed by atoms with Crippen molar-refractivity contribution in [3.8, 4) is 0 Å². The standard InChI is InChI=1S/C21H33N3O2.2ClH/c1-15-11-23(12-16(2)26-15)13-17-5-7-18(8-6-17)20(25)24-10-9-19(22)21(3,4)14-24;;/h5-8,15-16,19H,9-14,22H2,1-4H3;2*1H. The van der Waals surface area contributed by atoms with Gasteiger partial charge in [-0.25, -0.2) is 0 Å². The number of carbonyl (C=O) groups excluding carboxylic acids is 1. The molecule has 0 saturated carbocycles. The van der Waals surface area contributed by atoms with E-state index in [1.807, 2.05) is 17.0 Å². The van der Waals surface area contributed by atoms with E-state index in [4.69, 9.17) is 10.5 Å². The maximum absolute atomic E-state index is 12.8. The zero-order valence-electron chi connectivity index (χ0n) is 17.4. The molecule has 2 fully saturated rings. The molecular formula is C21H35Cl2N3O2. The monoisotopic (exact) mass is 431 g/mol. The number of halogens is 2. The largest absolute Gasteiger partial charge is 0.373 e. The van der Waals surface area contributed by atoms with Crippen molar-refractivity contribution in [2.45, 2.75) is 58.9 Å². The number of likely N-dealkylation sites (tertiary alicyclic amines) is 1. The summed E-state index contributed by atoms with van der Waals surface area (Å²) < 4.78 is 5.80. The molecule has 5 nitrogen and oxygen atoms in total. The van der Waals surface area contributed by atoms with Gasteiger partial charge >= 0.3 is 0 Å². The summed E-state index contributed by atoms with van der Waals surface area (Å²) in [4.78, 5) is 17.2. The molecule has 1 aromatic carbocycles. The molecule has 160 valence electrons. The number of hydrogen-bond acceptors (Lipinski definition) is 4. The fourth-order valence-corrected chi connectivity index (χ4v) is 4.15. The van der Waals surface area contributed by atoms with Crippen LogP contribution in [0.1, 0.15) is 50.0 Å². The number of morpholine rings is 1. The Balaban J connectivity index is 0.00000196. The minimum atomic E-state index is -0.0302. The first-order valence-corrected chi connectivity index (χ1v) is 9.76. The van der Waals surface area contributed by atoms with E-state index < -0.39 is 0 Å². The zero-order chi connectivity index (χ0) is 18.9. The quantitative estimate of drug-likeness (QED) is 0.796. The van der Waals surface area contributed by atoms with Gasteiger partial charge in [0, 0.05) is 44.3 Å². The summed E-state index contributed by atoms with van der Waals surface area (Å²) in [6.07, 6.45) is 1.41. The number of benzene rings is 1. The van der Waals surface area contributed by atoms with Gasteiger partial charge in [0.15, 0.2) is 0 Å². The van der Waals surface area contributed by atoms with Crippen molar-refractivity contribution in [3.05, 3.63) is 35.4 Å². The smallest absolute Gasteiger partial charge is 0.253 e. The maximum Gasteiger partial charge on any atom is 0.253 e. The predicted molar refractivity (Wildman–Crippen MR) is 119 cm³/mol. The highest BCUT2D eigenvalue weighted by Crippen LogP contribution is 2.28. The number of nitrogens with two attached hydrogens (primary N) is 1. The average molecular weight is 432 g/mol. The highest BCUT2D eigenvalue weighted by Gasteiger charge is 2.35. The number of ether oxygens (including phenoxy) is 1. The van der Waals surface area contributed by atoms with Gasteiger partial charge in [-0.2, -0.15) is 0 Å². The molecule has 3 unspecified atom stereocenters. The van der Waals surface area contributed by atoms with Gasteiger partial charge in [0.05, 0.1) is 12.2 Å². The lowest BCUT2D eigenvalue weighted by Crippen LogP contribution is -2.54. The van der Waals surface area contributed by atoms with Crippen LogP contribution in [0.15, 0.2) is 24.3 Å². The van der Waals surface area contributed by atoms with E-state index in [1.54, 1.807) is 0 Å². The molecule has 28 heavy (non-hydrogen) atoms. The third-order valence-electron chi connectivity index (χ3n) is 5.70. The molecule has 0 radical (unpaired) electrons. The van der Waals surface area contributed by atoms with Crippen molar-refractivity contribution >= 4 is 30.7 Å². The predicted octanol–water partition coefficient (Wildman–Crippen LogP) is 3.34. The molecule has 7 heteroatoms. The second kappa shape index (κ2) is 10.3. The topological polar surface area (TPSA) is 58.8 Å². The second-order valence-electron chi connectivity index (χ2n) is 8.76. The Hall–Kier alpha value is -0.850. The molecule has 0 aliphatic carbocycles. The molecule has 2 heterocycles. The summed E-state index contributed by atoms with van der Waals surface area (Å²) in [6, 6.07) is 8.25. The maximum atomic E-state index is 12.8. The van der Waals surface area contributed by atoms with Crippen LogP contribution in [0.25, 0.3) is 0 Å². The van der Waals surface area contributed by atoms with Crippen LogP contribution >= 0.6 is 24.8 Å². The molecule has 0 bridgehead atoms. The molecule has 0 aromatic heterocycles. The van der Waals surface area contributed by atoms with Crippen LogP contribution in [0.2, 0.25) is 0 Å². The number of carbonyl (C=O) groups is 1. The van der Waals surface area contributed by atoms with Crippen molar-refractivity contribution in [1.82, 2.24) is 9.80 Å². The van der Waals surface area contributed by atoms with Crippen LogP contribution in [0.5, 0.6) is 0 Å². The summed E-state index contributed by atoms with van der Waals surface area (Å²) in [5.74, 6) is 0.116. The number of piperidine rings is 1. The molecule has 2 N–H and O–H groups in total. The molecule has 3 rings (SSSR count). The Morgan fingerprint density at radius 2 is 1.71 bits per heavy atom. The molecule has 2 saturated heterocycles. The first-order valence-electron chi connectivity index (χ1n) is 9.76. The molecule has 0 spiro atoms. The molecule has 1 amide bonds. The van der Waals surface area contributed by atoms with E-state index in [9.17, 15) is 4.79 Å². The van der Waals surface area contributed by atoms with Crippen molar-refractivity contribution in [2.24, 2.45) is 11.1 Å². The van der Waals surface area contributed by atoms with Gasteiger partial charge in [-0.15, -0.1) is 24.8 Å². The number of amides is 1. The van der Waals surface area contributed by atoms with Crippen LogP contribution in [0.3, 0.4) is 0 Å². The summed E-state index contributed by atoms with van der Waals surface area (Å²) in [6.45, 7) is 12.8. The van der Waals surface area contributed by atoms with Gasteiger partial charge < -0.3 is 15.4 Å². The fraction of sp³-hybridized carbons (Fsp3) is 0.667. The van der Waals surface area contributed by atoms with Crippen LogP contribution in [0, 0.1) is 5.41 Å². The molecular weight excluding hydrogens is 397 g/mol. The first kappa shape index (κ1) is 25.2. The van der Waals surface area contributed by atoms with E-state index in [0.717, 1.165) is 44.7 Å². The van der Waals surface area contributed by atoms with Gasteiger partial charge in [-0.3, -0.25) is 9.69 Å². The summed E-state index contributed by atoms with van der Waals surface area (Å²) in [5, 5.41) is 0. The lowest BCUT2D eigenvalue weighted by atomic mass is 9.79. The van der Waals surface area contributed by atoms with E-state index in [-0.39, 0.29) is 54.4 Å². The van der Waals surface area contributed by atoms with Gasteiger partial charge in [0.1, 0.15) is 0 Å². The minimum absolute atomic E-state index is 0. The van der Waals surface area contributed by atoms with E-state index in [2.05, 4.69) is 44.7 Å². The van der Waals surface area contributed by atoms with Gasteiger partial charge in [-0.1, -0.05) is 26.0 Å². The second-order valence-corrected chi connectivity index (χ2v) is 8.76. The molecule has 2 aliphatic rings. The van der Waals surface area contributed by atoms with E-state index in [0.29, 0.717) is 0 Å². The normalized spacial score (nSPS) is 27.5. The SMILES string of the molecule is CC1CN(Cc2ccc(C(=O)N3CCC(N)C(C)(C)C3)cc2)CC(C)O1.Cl.Cl. The number of rotatable bonds is 3. The lowest BCUT2D eigenvalue weighted by Gasteiger charge is -2.42. The summed E-state index contributed by atoms with van der Waals surface area (Å²) in [5.41, 5.74) is 8.17. The van der Waals surface area contributed by atoms with Crippen molar-refractivity contribution < 1.29 is 9.53 Å². The molecule has 2 aliphatic heterocycles. The Bertz CT molecular complexity index is 629. The Morgan fingerprint density at radius 3 is 2.25 bits per heavy atom. The third-order valence-corrected chi connectivity index (χ3v) is 5.70. The third kappa shape index (κ3) is 6.07. The summed E-state index contributed by atoms with van der Waals surface area (Å²) >= 11 is 0. The zero-order valence-corrected chi connectivity index (χ0v) is 19.0. The number of nitrogens with zero attached hydrogens (tertiary/aromatic N) is 2. The number of hydrogen-bond donors (Lipinski definition) is 1. The van der Waals surface area contributed by atoms with Crippen LogP contribution in [0.4, 0.5) is 0 Å². The Morgan fingerprint density at radius 1 is 1.14 bits per heavy atom. The van der Waals surface area contributed by atoms with E-state index in [1.165, 1.54) is 5.56 Å².